The zero-order chi connectivity index (χ0) is 15.2. The minimum absolute atomic E-state index is 0.238. The summed E-state index contributed by atoms with van der Waals surface area (Å²) < 4.78 is 0. The highest BCUT2D eigenvalue weighted by atomic mass is 35.5. The van der Waals surface area contributed by atoms with E-state index >= 15 is 0 Å². The van der Waals surface area contributed by atoms with Crippen molar-refractivity contribution in [3.63, 3.8) is 0 Å². The third kappa shape index (κ3) is 4.91. The van der Waals surface area contributed by atoms with Crippen molar-refractivity contribution < 1.29 is 14.7 Å². The Kier molecular flexibility index (Phi) is 5.41. The predicted octanol–water partition coefficient (Wildman–Crippen LogP) is 0.663. The van der Waals surface area contributed by atoms with Crippen molar-refractivity contribution >= 4 is 29.2 Å². The van der Waals surface area contributed by atoms with E-state index in [-0.39, 0.29) is 19.0 Å². The lowest BCUT2D eigenvalue weighted by Crippen LogP contribution is -2.49. The van der Waals surface area contributed by atoms with E-state index in [4.69, 9.17) is 16.7 Å². The Bertz CT molecular complexity index is 499. The topological polar surface area (TPSA) is 72.9 Å². The molecule has 6 nitrogen and oxygen atoms in total. The number of amides is 1. The molecule has 0 aromatic heterocycles. The van der Waals surface area contributed by atoms with E-state index in [9.17, 15) is 9.59 Å². The molecule has 1 fully saturated rings. The number of rotatable bonds is 5. The molecule has 1 saturated heterocycles. The van der Waals surface area contributed by atoms with Crippen molar-refractivity contribution in [2.45, 2.75) is 0 Å². The van der Waals surface area contributed by atoms with Gasteiger partial charge in [0.15, 0.2) is 0 Å². The lowest BCUT2D eigenvalue weighted by atomic mass is 10.2. The molecule has 0 saturated carbocycles. The van der Waals surface area contributed by atoms with Gasteiger partial charge in [0.05, 0.1) is 6.54 Å². The van der Waals surface area contributed by atoms with E-state index in [1.807, 2.05) is 29.2 Å². The Balaban J connectivity index is 1.76. The maximum atomic E-state index is 11.6. The molecule has 21 heavy (non-hydrogen) atoms. The fraction of sp³-hybridized carbons (Fsp3) is 0.429. The van der Waals surface area contributed by atoms with Crippen LogP contribution in [-0.4, -0.2) is 61.2 Å². The predicted molar refractivity (Wildman–Crippen MR) is 80.8 cm³/mol. The Hall–Kier alpha value is -1.79. The molecular weight excluding hydrogens is 294 g/mol. The van der Waals surface area contributed by atoms with Gasteiger partial charge >= 0.3 is 5.97 Å². The number of carbonyl (C=O) groups is 2. The molecule has 1 aliphatic heterocycles. The number of nitrogens with zero attached hydrogens (tertiary/aromatic N) is 2. The molecule has 0 bridgehead atoms. The Morgan fingerprint density at radius 3 is 2.33 bits per heavy atom. The molecule has 0 atom stereocenters. The van der Waals surface area contributed by atoms with Crippen molar-refractivity contribution in [2.24, 2.45) is 0 Å². The highest BCUT2D eigenvalue weighted by molar-refractivity contribution is 6.30. The number of carbonyl (C=O) groups excluding carboxylic acids is 1. The first-order valence-corrected chi connectivity index (χ1v) is 7.14. The van der Waals surface area contributed by atoms with Crippen molar-refractivity contribution in [3.05, 3.63) is 29.3 Å². The maximum absolute atomic E-state index is 11.6. The first-order chi connectivity index (χ1) is 10.0. The quantitative estimate of drug-likeness (QED) is 0.836. The van der Waals surface area contributed by atoms with Gasteiger partial charge in [0.2, 0.25) is 5.91 Å². The number of halogens is 1. The van der Waals surface area contributed by atoms with Gasteiger partial charge in [-0.1, -0.05) is 11.6 Å². The van der Waals surface area contributed by atoms with Gasteiger partial charge in [-0.25, -0.2) is 0 Å². The number of carboxylic acid groups (broad SMARTS) is 1. The van der Waals surface area contributed by atoms with Crippen LogP contribution in [-0.2, 0) is 9.59 Å². The zero-order valence-corrected chi connectivity index (χ0v) is 12.3. The van der Waals surface area contributed by atoms with E-state index in [1.54, 1.807) is 0 Å². The lowest BCUT2D eigenvalue weighted by Gasteiger charge is -2.35. The number of anilines is 1. The summed E-state index contributed by atoms with van der Waals surface area (Å²) in [5.41, 5.74) is 1.12. The monoisotopic (exact) mass is 311 g/mol. The van der Waals surface area contributed by atoms with Crippen molar-refractivity contribution in [1.29, 1.82) is 0 Å². The van der Waals surface area contributed by atoms with Gasteiger partial charge in [-0.15, -0.1) is 0 Å². The molecule has 1 heterocycles. The fourth-order valence-electron chi connectivity index (χ4n) is 2.25. The second-order valence-corrected chi connectivity index (χ2v) is 5.35. The van der Waals surface area contributed by atoms with Gasteiger partial charge in [-0.3, -0.25) is 14.5 Å². The van der Waals surface area contributed by atoms with E-state index in [1.165, 1.54) is 0 Å². The SMILES string of the molecule is O=C(O)CNC(=O)CN1CCN(c2ccc(Cl)cc2)CC1. The molecule has 1 aromatic rings. The summed E-state index contributed by atoms with van der Waals surface area (Å²) >= 11 is 5.87. The molecule has 1 amide bonds. The van der Waals surface area contributed by atoms with Crippen molar-refractivity contribution in [1.82, 2.24) is 10.2 Å². The average molecular weight is 312 g/mol. The molecule has 114 valence electrons. The summed E-state index contributed by atoms with van der Waals surface area (Å²) in [7, 11) is 0. The van der Waals surface area contributed by atoms with Crippen molar-refractivity contribution in [2.75, 3.05) is 44.2 Å². The summed E-state index contributed by atoms with van der Waals surface area (Å²) in [6.45, 7) is 3.10. The van der Waals surface area contributed by atoms with Crippen LogP contribution < -0.4 is 10.2 Å². The van der Waals surface area contributed by atoms with Crippen LogP contribution in [0.4, 0.5) is 5.69 Å². The molecule has 0 spiro atoms. The summed E-state index contributed by atoms with van der Waals surface area (Å²) in [6, 6.07) is 7.69. The standard InChI is InChI=1S/C14H18ClN3O3/c15-11-1-3-12(4-2-11)18-7-5-17(6-8-18)10-13(19)16-9-14(20)21/h1-4H,5-10H2,(H,16,19)(H,20,21). The third-order valence-electron chi connectivity index (χ3n) is 3.37. The number of nitrogens with one attached hydrogen (secondary N) is 1. The second-order valence-electron chi connectivity index (χ2n) is 4.91. The largest absolute Gasteiger partial charge is 0.480 e. The van der Waals surface area contributed by atoms with E-state index in [2.05, 4.69) is 10.2 Å². The van der Waals surface area contributed by atoms with Gasteiger partial charge in [-0.05, 0) is 24.3 Å². The van der Waals surface area contributed by atoms with Crippen LogP contribution in [0.2, 0.25) is 5.02 Å². The van der Waals surface area contributed by atoms with Crippen LogP contribution in [0.25, 0.3) is 0 Å². The molecule has 1 aromatic carbocycles. The van der Waals surface area contributed by atoms with Crippen LogP contribution in [0.1, 0.15) is 0 Å². The normalized spacial score (nSPS) is 15.8. The highest BCUT2D eigenvalue weighted by Gasteiger charge is 2.19. The van der Waals surface area contributed by atoms with Gasteiger partial charge in [-0.2, -0.15) is 0 Å². The molecule has 0 unspecified atom stereocenters. The van der Waals surface area contributed by atoms with Crippen LogP contribution in [0.3, 0.4) is 0 Å². The van der Waals surface area contributed by atoms with Crippen LogP contribution in [0.15, 0.2) is 24.3 Å². The summed E-state index contributed by atoms with van der Waals surface area (Å²) in [5, 5.41) is 11.6. The Morgan fingerprint density at radius 1 is 1.14 bits per heavy atom. The second kappa shape index (κ2) is 7.28. The Labute approximate surface area is 128 Å². The average Bonchev–Trinajstić information content (AvgIpc) is 2.47. The number of hydrogen-bond donors (Lipinski definition) is 2. The molecule has 2 rings (SSSR count). The summed E-state index contributed by atoms with van der Waals surface area (Å²) in [4.78, 5) is 26.2. The fourth-order valence-corrected chi connectivity index (χ4v) is 2.38. The number of aliphatic carboxylic acids is 1. The van der Waals surface area contributed by atoms with E-state index < -0.39 is 5.97 Å². The van der Waals surface area contributed by atoms with Crippen LogP contribution in [0, 0.1) is 0 Å². The first kappa shape index (κ1) is 15.6. The number of hydrogen-bond acceptors (Lipinski definition) is 4. The number of piperazine rings is 1. The summed E-state index contributed by atoms with van der Waals surface area (Å²) in [5.74, 6) is -1.28. The van der Waals surface area contributed by atoms with Crippen LogP contribution >= 0.6 is 11.6 Å². The van der Waals surface area contributed by atoms with E-state index in [0.717, 1.165) is 31.9 Å². The summed E-state index contributed by atoms with van der Waals surface area (Å²) in [6.07, 6.45) is 0. The molecular formula is C14H18ClN3O3. The molecule has 0 radical (unpaired) electrons. The van der Waals surface area contributed by atoms with Gasteiger partial charge < -0.3 is 15.3 Å². The van der Waals surface area contributed by atoms with E-state index in [0.29, 0.717) is 5.02 Å². The van der Waals surface area contributed by atoms with Crippen LogP contribution in [0.5, 0.6) is 0 Å². The minimum atomic E-state index is -1.03. The van der Waals surface area contributed by atoms with Gasteiger partial charge in [0.1, 0.15) is 6.54 Å². The maximum Gasteiger partial charge on any atom is 0.322 e. The van der Waals surface area contributed by atoms with Gasteiger partial charge in [0, 0.05) is 36.9 Å². The zero-order valence-electron chi connectivity index (χ0n) is 11.6. The molecule has 2 N–H and O–H groups in total. The highest BCUT2D eigenvalue weighted by Crippen LogP contribution is 2.19. The Morgan fingerprint density at radius 2 is 1.76 bits per heavy atom. The first-order valence-electron chi connectivity index (χ1n) is 6.76. The third-order valence-corrected chi connectivity index (χ3v) is 3.62. The minimum Gasteiger partial charge on any atom is -0.480 e. The number of benzene rings is 1. The van der Waals surface area contributed by atoms with Crippen molar-refractivity contribution in [3.8, 4) is 0 Å². The molecule has 0 aliphatic carbocycles. The van der Waals surface area contributed by atoms with Gasteiger partial charge in [0.25, 0.3) is 0 Å². The smallest absolute Gasteiger partial charge is 0.322 e. The lowest BCUT2D eigenvalue weighted by molar-refractivity contribution is -0.138. The number of carboxylic acids is 1. The molecule has 7 heteroatoms. The molecule has 1 aliphatic rings.